The SMILES string of the molecule is CCC/C=C(\c1cc(C#N)c(C)cc1C)c1ccc(Br)c(N)c1C. The van der Waals surface area contributed by atoms with Crippen LogP contribution >= 0.6 is 15.9 Å². The van der Waals surface area contributed by atoms with Crippen molar-refractivity contribution in [2.24, 2.45) is 0 Å². The van der Waals surface area contributed by atoms with E-state index in [9.17, 15) is 5.26 Å². The molecule has 0 atom stereocenters. The average Bonchev–Trinajstić information content (AvgIpc) is 2.56. The van der Waals surface area contributed by atoms with E-state index >= 15 is 0 Å². The standard InChI is InChI=1S/C21H23BrN2/c1-5-6-7-18(17-8-9-20(22)21(24)15(17)4)19-11-16(12-23)13(2)10-14(19)3/h7-11H,5-6,24H2,1-4H3/b18-7-. The van der Waals surface area contributed by atoms with Gasteiger partial charge in [0.2, 0.25) is 0 Å². The third-order valence-electron chi connectivity index (χ3n) is 4.37. The highest BCUT2D eigenvalue weighted by Gasteiger charge is 2.15. The zero-order chi connectivity index (χ0) is 17.9. The van der Waals surface area contributed by atoms with Crippen molar-refractivity contribution in [3.63, 3.8) is 0 Å². The van der Waals surface area contributed by atoms with Crippen LogP contribution in [0.15, 0.2) is 34.8 Å². The number of nitrogens with zero attached hydrogens (tertiary/aromatic N) is 1. The van der Waals surface area contributed by atoms with Gasteiger partial charge in [-0.1, -0.05) is 31.6 Å². The summed E-state index contributed by atoms with van der Waals surface area (Å²) in [5.74, 6) is 0. The number of nitrogens with two attached hydrogens (primary N) is 1. The lowest BCUT2D eigenvalue weighted by Gasteiger charge is -2.17. The van der Waals surface area contributed by atoms with E-state index in [2.05, 4.69) is 54.1 Å². The number of nitrogen functional groups attached to an aromatic ring is 1. The molecule has 0 heterocycles. The highest BCUT2D eigenvalue weighted by Crippen LogP contribution is 2.35. The number of allylic oxidation sites excluding steroid dienone is 1. The van der Waals surface area contributed by atoms with Gasteiger partial charge in [0.05, 0.1) is 11.6 Å². The molecule has 0 aliphatic carbocycles. The zero-order valence-electron chi connectivity index (χ0n) is 14.7. The lowest BCUT2D eigenvalue weighted by Crippen LogP contribution is -2.00. The van der Waals surface area contributed by atoms with Crippen molar-refractivity contribution in [1.29, 1.82) is 5.26 Å². The molecular weight excluding hydrogens is 360 g/mol. The maximum atomic E-state index is 9.40. The molecule has 3 heteroatoms. The fraction of sp³-hybridized carbons (Fsp3) is 0.286. The van der Waals surface area contributed by atoms with Gasteiger partial charge >= 0.3 is 0 Å². The Bertz CT molecular complexity index is 842. The van der Waals surface area contributed by atoms with E-state index in [0.29, 0.717) is 0 Å². The third-order valence-corrected chi connectivity index (χ3v) is 5.06. The molecule has 0 aliphatic rings. The molecule has 2 rings (SSSR count). The van der Waals surface area contributed by atoms with Gasteiger partial charge in [0, 0.05) is 10.2 Å². The van der Waals surface area contributed by atoms with Crippen LogP contribution in [0.4, 0.5) is 5.69 Å². The monoisotopic (exact) mass is 382 g/mol. The smallest absolute Gasteiger partial charge is 0.0994 e. The molecule has 0 bridgehead atoms. The number of hydrogen-bond donors (Lipinski definition) is 1. The van der Waals surface area contributed by atoms with Gasteiger partial charge in [-0.3, -0.25) is 0 Å². The molecule has 24 heavy (non-hydrogen) atoms. The Labute approximate surface area is 153 Å². The lowest BCUT2D eigenvalue weighted by molar-refractivity contribution is 0.959. The van der Waals surface area contributed by atoms with Gasteiger partial charge in [0.15, 0.2) is 0 Å². The molecule has 0 radical (unpaired) electrons. The second-order valence-corrected chi connectivity index (χ2v) is 6.99. The van der Waals surface area contributed by atoms with Gasteiger partial charge in [-0.05, 0) is 88.6 Å². The van der Waals surface area contributed by atoms with Crippen molar-refractivity contribution in [2.75, 3.05) is 5.73 Å². The average molecular weight is 383 g/mol. The number of anilines is 1. The summed E-state index contributed by atoms with van der Waals surface area (Å²) in [5.41, 5.74) is 14.3. The van der Waals surface area contributed by atoms with E-state index in [-0.39, 0.29) is 0 Å². The highest BCUT2D eigenvalue weighted by molar-refractivity contribution is 9.10. The van der Waals surface area contributed by atoms with Crippen LogP contribution in [0.3, 0.4) is 0 Å². The minimum absolute atomic E-state index is 0.723. The Kier molecular flexibility index (Phi) is 5.85. The third kappa shape index (κ3) is 3.55. The maximum Gasteiger partial charge on any atom is 0.0994 e. The number of rotatable bonds is 4. The minimum atomic E-state index is 0.723. The second-order valence-electron chi connectivity index (χ2n) is 6.13. The van der Waals surface area contributed by atoms with Crippen LogP contribution in [0.5, 0.6) is 0 Å². The maximum absolute atomic E-state index is 9.40. The number of aryl methyl sites for hydroxylation is 2. The first kappa shape index (κ1) is 18.3. The number of benzene rings is 2. The molecule has 124 valence electrons. The topological polar surface area (TPSA) is 49.8 Å². The van der Waals surface area contributed by atoms with E-state index in [0.717, 1.165) is 56.4 Å². The largest absolute Gasteiger partial charge is 0.398 e. The molecule has 2 aromatic rings. The number of hydrogen-bond acceptors (Lipinski definition) is 2. The molecule has 0 amide bonds. The normalized spacial score (nSPS) is 11.4. The molecule has 0 saturated carbocycles. The molecule has 2 nitrogen and oxygen atoms in total. The summed E-state index contributed by atoms with van der Waals surface area (Å²) in [4.78, 5) is 0. The van der Waals surface area contributed by atoms with Crippen LogP contribution < -0.4 is 5.73 Å². The molecule has 2 N–H and O–H groups in total. The van der Waals surface area contributed by atoms with Crippen molar-refractivity contribution in [2.45, 2.75) is 40.5 Å². The van der Waals surface area contributed by atoms with Crippen molar-refractivity contribution in [3.05, 3.63) is 68.2 Å². The fourth-order valence-corrected chi connectivity index (χ4v) is 3.33. The summed E-state index contributed by atoms with van der Waals surface area (Å²) >= 11 is 3.50. The van der Waals surface area contributed by atoms with Gasteiger partial charge in [-0.15, -0.1) is 0 Å². The first-order valence-corrected chi connectivity index (χ1v) is 8.96. The van der Waals surface area contributed by atoms with Gasteiger partial charge < -0.3 is 5.73 Å². The molecule has 0 saturated heterocycles. The van der Waals surface area contributed by atoms with Gasteiger partial charge in [0.25, 0.3) is 0 Å². The summed E-state index contributed by atoms with van der Waals surface area (Å²) in [6.45, 7) is 8.29. The van der Waals surface area contributed by atoms with Gasteiger partial charge in [-0.25, -0.2) is 0 Å². The highest BCUT2D eigenvalue weighted by atomic mass is 79.9. The van der Waals surface area contributed by atoms with Crippen molar-refractivity contribution < 1.29 is 0 Å². The lowest BCUT2D eigenvalue weighted by atomic mass is 9.88. The molecule has 0 aromatic heterocycles. The van der Waals surface area contributed by atoms with E-state index in [4.69, 9.17) is 5.73 Å². The van der Waals surface area contributed by atoms with Gasteiger partial charge in [0.1, 0.15) is 0 Å². The fourth-order valence-electron chi connectivity index (χ4n) is 2.90. The number of halogens is 1. The van der Waals surface area contributed by atoms with Crippen molar-refractivity contribution in [1.82, 2.24) is 0 Å². The first-order valence-electron chi connectivity index (χ1n) is 8.17. The second kappa shape index (κ2) is 7.68. The summed E-state index contributed by atoms with van der Waals surface area (Å²) < 4.78 is 0.914. The first-order chi connectivity index (χ1) is 11.4. The number of unbranched alkanes of at least 4 members (excludes halogenated alkanes) is 1. The zero-order valence-corrected chi connectivity index (χ0v) is 16.3. The van der Waals surface area contributed by atoms with Crippen LogP contribution in [-0.2, 0) is 0 Å². The van der Waals surface area contributed by atoms with Crippen LogP contribution in [0.25, 0.3) is 5.57 Å². The Morgan fingerprint density at radius 3 is 2.50 bits per heavy atom. The summed E-state index contributed by atoms with van der Waals surface area (Å²) in [5, 5.41) is 9.40. The molecule has 0 aliphatic heterocycles. The molecule has 0 spiro atoms. The molecule has 2 aromatic carbocycles. The van der Waals surface area contributed by atoms with Gasteiger partial charge in [-0.2, -0.15) is 5.26 Å². The van der Waals surface area contributed by atoms with Crippen LogP contribution in [-0.4, -0.2) is 0 Å². The molecular formula is C21H23BrN2. The predicted octanol–water partition coefficient (Wildman–Crippen LogP) is 6.06. The van der Waals surface area contributed by atoms with E-state index < -0.39 is 0 Å². The summed E-state index contributed by atoms with van der Waals surface area (Å²) in [6.07, 6.45) is 4.32. The van der Waals surface area contributed by atoms with Crippen LogP contribution in [0, 0.1) is 32.1 Å². The Balaban J connectivity index is 2.73. The van der Waals surface area contributed by atoms with E-state index in [1.807, 2.05) is 26.0 Å². The van der Waals surface area contributed by atoms with E-state index in [1.54, 1.807) is 0 Å². The van der Waals surface area contributed by atoms with Crippen molar-refractivity contribution >= 4 is 27.2 Å². The molecule has 0 fully saturated rings. The number of nitriles is 1. The summed E-state index contributed by atoms with van der Waals surface area (Å²) in [7, 11) is 0. The van der Waals surface area contributed by atoms with Crippen molar-refractivity contribution in [3.8, 4) is 6.07 Å². The Hall–Kier alpha value is -2.05. The Morgan fingerprint density at radius 2 is 1.88 bits per heavy atom. The quantitative estimate of drug-likeness (QED) is 0.653. The summed E-state index contributed by atoms with van der Waals surface area (Å²) in [6, 6.07) is 10.5. The van der Waals surface area contributed by atoms with E-state index in [1.165, 1.54) is 5.56 Å². The van der Waals surface area contributed by atoms with Crippen LogP contribution in [0.1, 0.15) is 53.1 Å². The Morgan fingerprint density at radius 1 is 1.17 bits per heavy atom. The molecule has 0 unspecified atom stereocenters. The minimum Gasteiger partial charge on any atom is -0.398 e. The predicted molar refractivity (Wildman–Crippen MR) is 106 cm³/mol. The van der Waals surface area contributed by atoms with Crippen LogP contribution in [0.2, 0.25) is 0 Å².